The van der Waals surface area contributed by atoms with Crippen LogP contribution in [0, 0.1) is 6.92 Å². The Morgan fingerprint density at radius 2 is 2.07 bits per heavy atom. The topological polar surface area (TPSA) is 59.1 Å². The van der Waals surface area contributed by atoms with Gasteiger partial charge in [0.25, 0.3) is 0 Å². The number of fused-ring (bicyclic) bond motifs is 1. The van der Waals surface area contributed by atoms with E-state index in [2.05, 4.69) is 18.0 Å². The summed E-state index contributed by atoms with van der Waals surface area (Å²) in [5.41, 5.74) is 2.30. The van der Waals surface area contributed by atoms with Gasteiger partial charge in [0.1, 0.15) is 25.5 Å². The maximum atomic E-state index is 13.2. The number of amides is 2. The van der Waals surface area contributed by atoms with Gasteiger partial charge < -0.3 is 19.3 Å². The second-order valence-electron chi connectivity index (χ2n) is 7.27. The van der Waals surface area contributed by atoms with Crippen molar-refractivity contribution in [3.05, 3.63) is 64.4 Å². The van der Waals surface area contributed by atoms with E-state index in [-0.39, 0.29) is 31.0 Å². The van der Waals surface area contributed by atoms with E-state index in [1.165, 1.54) is 22.5 Å². The molecule has 1 aliphatic rings. The van der Waals surface area contributed by atoms with E-state index in [4.69, 9.17) is 9.47 Å². The van der Waals surface area contributed by atoms with Crippen LogP contribution in [0.5, 0.6) is 5.75 Å². The maximum Gasteiger partial charge on any atom is 0.249 e. The molecule has 1 aromatic heterocycles. The molecule has 0 saturated heterocycles. The molecule has 0 bridgehead atoms. The first-order chi connectivity index (χ1) is 14.5. The minimum absolute atomic E-state index is 0.00524. The molecule has 0 saturated carbocycles. The quantitative estimate of drug-likeness (QED) is 0.576. The van der Waals surface area contributed by atoms with Gasteiger partial charge in [0.2, 0.25) is 11.8 Å². The first-order valence-electron chi connectivity index (χ1n) is 9.96. The van der Waals surface area contributed by atoms with Gasteiger partial charge in [-0.15, -0.1) is 17.9 Å². The largest absolute Gasteiger partial charge is 0.491 e. The Balaban J connectivity index is 1.75. The molecule has 0 radical (unpaired) electrons. The highest BCUT2D eigenvalue weighted by Gasteiger charge is 2.33. The minimum Gasteiger partial charge on any atom is -0.491 e. The van der Waals surface area contributed by atoms with Crippen molar-refractivity contribution >= 4 is 23.2 Å². The Labute approximate surface area is 181 Å². The number of aryl methyl sites for hydroxylation is 1. The molecule has 0 aliphatic carbocycles. The molecule has 0 spiro atoms. The number of hydrogen-bond donors (Lipinski definition) is 0. The van der Waals surface area contributed by atoms with E-state index in [9.17, 15) is 9.59 Å². The van der Waals surface area contributed by atoms with Gasteiger partial charge >= 0.3 is 0 Å². The summed E-state index contributed by atoms with van der Waals surface area (Å²) in [5.74, 6) is 0.445. The van der Waals surface area contributed by atoms with Crippen LogP contribution in [0.2, 0.25) is 0 Å². The van der Waals surface area contributed by atoms with Gasteiger partial charge in [-0.2, -0.15) is 0 Å². The number of ether oxygens (including phenoxy) is 2. The second kappa shape index (κ2) is 10.4. The SMILES string of the molecule is C=CCN(CC(=O)N1CCc2sccc2C1COc1ccc(C)cc1)C(=O)COC. The number of benzene rings is 1. The number of carbonyl (C=O) groups is 2. The van der Waals surface area contributed by atoms with Crippen LogP contribution in [0.25, 0.3) is 0 Å². The predicted molar refractivity (Wildman–Crippen MR) is 118 cm³/mol. The Morgan fingerprint density at radius 1 is 1.30 bits per heavy atom. The minimum atomic E-state index is -0.230. The maximum absolute atomic E-state index is 13.2. The fourth-order valence-corrected chi connectivity index (χ4v) is 4.49. The van der Waals surface area contributed by atoms with Crippen molar-refractivity contribution in [3.63, 3.8) is 0 Å². The zero-order valence-corrected chi connectivity index (χ0v) is 18.3. The molecule has 0 fully saturated rings. The van der Waals surface area contributed by atoms with E-state index >= 15 is 0 Å². The molecule has 1 unspecified atom stereocenters. The summed E-state index contributed by atoms with van der Waals surface area (Å²) >= 11 is 1.71. The van der Waals surface area contributed by atoms with Gasteiger partial charge in [0.15, 0.2) is 0 Å². The Morgan fingerprint density at radius 3 is 2.77 bits per heavy atom. The monoisotopic (exact) mass is 428 g/mol. The summed E-state index contributed by atoms with van der Waals surface area (Å²) in [6.07, 6.45) is 2.43. The molecule has 7 heteroatoms. The third-order valence-corrected chi connectivity index (χ3v) is 6.14. The van der Waals surface area contributed by atoms with Crippen molar-refractivity contribution in [3.8, 4) is 5.75 Å². The van der Waals surface area contributed by atoms with Crippen molar-refractivity contribution < 1.29 is 19.1 Å². The molecular weight excluding hydrogens is 400 g/mol. The fourth-order valence-electron chi connectivity index (χ4n) is 3.56. The van der Waals surface area contributed by atoms with Crippen LogP contribution >= 0.6 is 11.3 Å². The molecule has 160 valence electrons. The molecular formula is C23H28N2O4S. The normalized spacial score (nSPS) is 15.4. The Hall–Kier alpha value is -2.64. The van der Waals surface area contributed by atoms with Crippen LogP contribution in [0.1, 0.15) is 22.0 Å². The molecule has 1 atom stereocenters. The van der Waals surface area contributed by atoms with Gasteiger partial charge in [-0.05, 0) is 42.5 Å². The van der Waals surface area contributed by atoms with Crippen LogP contribution in [0.4, 0.5) is 0 Å². The molecule has 1 aromatic carbocycles. The van der Waals surface area contributed by atoms with Crippen LogP contribution in [-0.4, -0.2) is 61.6 Å². The number of rotatable bonds is 9. The molecule has 2 aromatic rings. The number of thiophene rings is 1. The van der Waals surface area contributed by atoms with Crippen LogP contribution < -0.4 is 4.74 Å². The predicted octanol–water partition coefficient (Wildman–Crippen LogP) is 3.22. The van der Waals surface area contributed by atoms with Crippen molar-refractivity contribution in [1.82, 2.24) is 9.80 Å². The zero-order valence-electron chi connectivity index (χ0n) is 17.5. The number of methoxy groups -OCH3 is 1. The van der Waals surface area contributed by atoms with Gasteiger partial charge in [-0.1, -0.05) is 23.8 Å². The molecule has 6 nitrogen and oxygen atoms in total. The summed E-state index contributed by atoms with van der Waals surface area (Å²) in [4.78, 5) is 30.1. The fraction of sp³-hybridized carbons (Fsp3) is 0.391. The smallest absolute Gasteiger partial charge is 0.249 e. The summed E-state index contributed by atoms with van der Waals surface area (Å²) in [6.45, 7) is 6.93. The third kappa shape index (κ3) is 5.29. The highest BCUT2D eigenvalue weighted by atomic mass is 32.1. The van der Waals surface area contributed by atoms with Crippen LogP contribution in [-0.2, 0) is 20.7 Å². The number of nitrogens with zero attached hydrogens (tertiary/aromatic N) is 2. The molecule has 30 heavy (non-hydrogen) atoms. The van der Waals surface area contributed by atoms with E-state index in [0.29, 0.717) is 19.7 Å². The number of carbonyl (C=O) groups excluding carboxylic acids is 2. The standard InChI is InChI=1S/C23H28N2O4S/c1-4-11-24(23(27)16-28-3)14-22(26)25-12-9-21-19(10-13-30-21)20(25)15-29-18-7-5-17(2)6-8-18/h4-8,10,13,20H,1,9,11-12,14-16H2,2-3H3. The van der Waals surface area contributed by atoms with Crippen LogP contribution in [0.3, 0.4) is 0 Å². The number of hydrogen-bond acceptors (Lipinski definition) is 5. The van der Waals surface area contributed by atoms with E-state index in [1.54, 1.807) is 17.4 Å². The lowest BCUT2D eigenvalue weighted by atomic mass is 10.0. The van der Waals surface area contributed by atoms with Crippen molar-refractivity contribution in [2.24, 2.45) is 0 Å². The Kier molecular flexibility index (Phi) is 7.65. The molecule has 2 heterocycles. The Bertz CT molecular complexity index is 878. The molecule has 2 amide bonds. The summed E-state index contributed by atoms with van der Waals surface area (Å²) < 4.78 is 11.0. The molecule has 3 rings (SSSR count). The third-order valence-electron chi connectivity index (χ3n) is 5.14. The van der Waals surface area contributed by atoms with E-state index < -0.39 is 0 Å². The van der Waals surface area contributed by atoms with E-state index in [1.807, 2.05) is 36.1 Å². The summed E-state index contributed by atoms with van der Waals surface area (Å²) in [7, 11) is 1.47. The van der Waals surface area contributed by atoms with Gasteiger partial charge in [-0.25, -0.2) is 0 Å². The van der Waals surface area contributed by atoms with Crippen LogP contribution in [0.15, 0.2) is 48.4 Å². The summed E-state index contributed by atoms with van der Waals surface area (Å²) in [5, 5.41) is 2.06. The van der Waals surface area contributed by atoms with Crippen molar-refractivity contribution in [2.75, 3.05) is 40.0 Å². The van der Waals surface area contributed by atoms with Crippen molar-refractivity contribution in [2.45, 2.75) is 19.4 Å². The molecule has 1 aliphatic heterocycles. The van der Waals surface area contributed by atoms with Gasteiger partial charge in [0.05, 0.1) is 6.04 Å². The first kappa shape index (κ1) is 22.1. The summed E-state index contributed by atoms with van der Waals surface area (Å²) in [6, 6.07) is 9.77. The average Bonchev–Trinajstić information content (AvgIpc) is 3.22. The highest BCUT2D eigenvalue weighted by molar-refractivity contribution is 7.10. The van der Waals surface area contributed by atoms with E-state index in [0.717, 1.165) is 17.7 Å². The lowest BCUT2D eigenvalue weighted by Crippen LogP contribution is -2.48. The van der Waals surface area contributed by atoms with Gasteiger partial charge in [0, 0.05) is 25.1 Å². The van der Waals surface area contributed by atoms with Gasteiger partial charge in [-0.3, -0.25) is 9.59 Å². The zero-order chi connectivity index (χ0) is 21.5. The second-order valence-corrected chi connectivity index (χ2v) is 8.27. The lowest BCUT2D eigenvalue weighted by Gasteiger charge is -2.37. The lowest BCUT2D eigenvalue weighted by molar-refractivity contribution is -0.144. The molecule has 0 N–H and O–H groups in total. The first-order valence-corrected chi connectivity index (χ1v) is 10.8. The highest BCUT2D eigenvalue weighted by Crippen LogP contribution is 2.34. The average molecular weight is 429 g/mol. The van der Waals surface area contributed by atoms with Crippen molar-refractivity contribution in [1.29, 1.82) is 0 Å².